The molecule has 0 aliphatic rings. The lowest BCUT2D eigenvalue weighted by atomic mass is 10.4. The summed E-state index contributed by atoms with van der Waals surface area (Å²) in [5.74, 6) is 0. The molecule has 1 rings (SSSR count). The molecule has 0 aliphatic carbocycles. The lowest BCUT2D eigenvalue weighted by molar-refractivity contribution is -0.148. The summed E-state index contributed by atoms with van der Waals surface area (Å²) in [5, 5.41) is 16.4. The predicted octanol–water partition coefficient (Wildman–Crippen LogP) is 0.477. The number of halogens is 3. The second-order valence-electron chi connectivity index (χ2n) is 3.08. The molecule has 0 spiro atoms. The van der Waals surface area contributed by atoms with Crippen molar-refractivity contribution in [3.8, 4) is 0 Å². The highest BCUT2D eigenvalue weighted by Gasteiger charge is 2.30. The Kier molecular flexibility index (Phi) is 4.44. The third-order valence-electron chi connectivity index (χ3n) is 1.66. The van der Waals surface area contributed by atoms with Crippen LogP contribution in [0.3, 0.4) is 0 Å². The third kappa shape index (κ3) is 4.73. The van der Waals surface area contributed by atoms with E-state index in [9.17, 15) is 13.2 Å². The number of nitrogens with two attached hydrogens (primary N) is 1. The van der Waals surface area contributed by atoms with Crippen molar-refractivity contribution >= 4 is 16.5 Å². The highest BCUT2D eigenvalue weighted by molar-refractivity contribution is 7.15. The van der Waals surface area contributed by atoms with Crippen molar-refractivity contribution in [2.24, 2.45) is 0 Å². The van der Waals surface area contributed by atoms with Crippen LogP contribution in [0.4, 0.5) is 18.3 Å². The monoisotopic (exact) mass is 256 g/mol. The molecule has 3 N–H and O–H groups in total. The van der Waals surface area contributed by atoms with Gasteiger partial charge >= 0.3 is 6.18 Å². The third-order valence-corrected chi connectivity index (χ3v) is 2.40. The quantitative estimate of drug-likeness (QED) is 0.801. The molecule has 0 bridgehead atoms. The van der Waals surface area contributed by atoms with E-state index < -0.39 is 12.7 Å². The average Bonchev–Trinajstić information content (AvgIpc) is 2.48. The summed E-state index contributed by atoms with van der Waals surface area (Å²) < 4.78 is 36.5. The van der Waals surface area contributed by atoms with Crippen molar-refractivity contribution in [1.82, 2.24) is 15.1 Å². The van der Waals surface area contributed by atoms with Gasteiger partial charge in [0, 0.05) is 6.54 Å². The molecule has 1 aromatic rings. The standard InChI is InChI=1S/C7H11F3N4OS/c8-7(9,10)4-14(1-2-15)3-5-12-13-6(11)16-5/h15H,1-4H2,(H2,11,13). The van der Waals surface area contributed by atoms with Crippen LogP contribution in [-0.2, 0) is 6.54 Å². The van der Waals surface area contributed by atoms with E-state index in [1.54, 1.807) is 0 Å². The molecule has 1 aromatic heterocycles. The maximum Gasteiger partial charge on any atom is 0.401 e. The second kappa shape index (κ2) is 5.41. The van der Waals surface area contributed by atoms with Gasteiger partial charge < -0.3 is 10.8 Å². The van der Waals surface area contributed by atoms with E-state index in [-0.39, 0.29) is 24.8 Å². The number of nitrogens with zero attached hydrogens (tertiary/aromatic N) is 3. The summed E-state index contributed by atoms with van der Waals surface area (Å²) >= 11 is 1.03. The van der Waals surface area contributed by atoms with Gasteiger partial charge in [0.15, 0.2) is 0 Å². The van der Waals surface area contributed by atoms with Gasteiger partial charge in [0.1, 0.15) is 5.01 Å². The summed E-state index contributed by atoms with van der Waals surface area (Å²) in [4.78, 5) is 1.04. The highest BCUT2D eigenvalue weighted by atomic mass is 32.1. The molecule has 0 fully saturated rings. The number of hydrogen-bond acceptors (Lipinski definition) is 6. The van der Waals surface area contributed by atoms with Crippen molar-refractivity contribution in [3.05, 3.63) is 5.01 Å². The molecule has 0 aromatic carbocycles. The van der Waals surface area contributed by atoms with Crippen LogP contribution in [0.25, 0.3) is 0 Å². The van der Waals surface area contributed by atoms with Gasteiger partial charge in [0.25, 0.3) is 0 Å². The first-order valence-corrected chi connectivity index (χ1v) is 5.20. The SMILES string of the molecule is Nc1nnc(CN(CCO)CC(F)(F)F)s1. The lowest BCUT2D eigenvalue weighted by Crippen LogP contribution is -2.35. The first-order valence-electron chi connectivity index (χ1n) is 4.38. The van der Waals surface area contributed by atoms with E-state index in [1.165, 1.54) is 0 Å². The van der Waals surface area contributed by atoms with Gasteiger partial charge in [0.05, 0.1) is 19.7 Å². The molecule has 0 saturated carbocycles. The zero-order valence-corrected chi connectivity index (χ0v) is 9.05. The van der Waals surface area contributed by atoms with Crippen LogP contribution in [0.1, 0.15) is 5.01 Å². The lowest BCUT2D eigenvalue weighted by Gasteiger charge is -2.21. The minimum absolute atomic E-state index is 0.0189. The zero-order chi connectivity index (χ0) is 12.2. The average molecular weight is 256 g/mol. The van der Waals surface area contributed by atoms with Gasteiger partial charge in [0.2, 0.25) is 5.13 Å². The minimum Gasteiger partial charge on any atom is -0.395 e. The van der Waals surface area contributed by atoms with Crippen molar-refractivity contribution in [2.75, 3.05) is 25.4 Å². The van der Waals surface area contributed by atoms with Crippen LogP contribution < -0.4 is 5.73 Å². The second-order valence-corrected chi connectivity index (χ2v) is 4.18. The van der Waals surface area contributed by atoms with E-state index in [2.05, 4.69) is 10.2 Å². The molecular formula is C7H11F3N4OS. The maximum atomic E-state index is 12.2. The molecule has 0 aliphatic heterocycles. The number of aliphatic hydroxyl groups is 1. The normalized spacial score (nSPS) is 12.3. The Morgan fingerprint density at radius 1 is 1.38 bits per heavy atom. The number of rotatable bonds is 5. The van der Waals surface area contributed by atoms with Gasteiger partial charge in [-0.2, -0.15) is 13.2 Å². The van der Waals surface area contributed by atoms with E-state index in [0.717, 1.165) is 16.2 Å². The molecule has 0 radical (unpaired) electrons. The van der Waals surface area contributed by atoms with Crippen LogP contribution in [0.15, 0.2) is 0 Å². The van der Waals surface area contributed by atoms with Crippen LogP contribution in [-0.4, -0.2) is 46.1 Å². The van der Waals surface area contributed by atoms with Crippen molar-refractivity contribution in [3.63, 3.8) is 0 Å². The molecular weight excluding hydrogens is 245 g/mol. The molecule has 0 unspecified atom stereocenters. The molecule has 0 atom stereocenters. The summed E-state index contributed by atoms with van der Waals surface area (Å²) in [6.07, 6.45) is -4.30. The van der Waals surface area contributed by atoms with Crippen LogP contribution in [0.5, 0.6) is 0 Å². The summed E-state index contributed by atoms with van der Waals surface area (Å²) in [6, 6.07) is 0. The smallest absolute Gasteiger partial charge is 0.395 e. The van der Waals surface area contributed by atoms with Gasteiger partial charge in [-0.05, 0) is 0 Å². The zero-order valence-electron chi connectivity index (χ0n) is 8.24. The summed E-state index contributed by atoms with van der Waals surface area (Å²) in [7, 11) is 0. The number of alkyl halides is 3. The molecule has 0 amide bonds. The Hall–Kier alpha value is -0.930. The van der Waals surface area contributed by atoms with Gasteiger partial charge in [-0.15, -0.1) is 10.2 Å². The number of anilines is 1. The Bertz CT molecular complexity index is 330. The molecule has 16 heavy (non-hydrogen) atoms. The van der Waals surface area contributed by atoms with Crippen LogP contribution >= 0.6 is 11.3 Å². The van der Waals surface area contributed by atoms with Gasteiger partial charge in [-0.1, -0.05) is 11.3 Å². The van der Waals surface area contributed by atoms with Crippen molar-refractivity contribution in [2.45, 2.75) is 12.7 Å². The molecule has 5 nitrogen and oxygen atoms in total. The fourth-order valence-electron chi connectivity index (χ4n) is 1.13. The van der Waals surface area contributed by atoms with Crippen molar-refractivity contribution < 1.29 is 18.3 Å². The van der Waals surface area contributed by atoms with E-state index in [4.69, 9.17) is 10.8 Å². The molecule has 0 saturated heterocycles. The Labute approximate surface area is 93.7 Å². The number of aromatic nitrogens is 2. The molecule has 1 heterocycles. The van der Waals surface area contributed by atoms with Gasteiger partial charge in [-0.25, -0.2) is 0 Å². The summed E-state index contributed by atoms with van der Waals surface area (Å²) in [6.45, 7) is -1.52. The Morgan fingerprint density at radius 2 is 2.06 bits per heavy atom. The molecule has 9 heteroatoms. The maximum absolute atomic E-state index is 12.2. The summed E-state index contributed by atoms with van der Waals surface area (Å²) in [5.41, 5.74) is 5.31. The topological polar surface area (TPSA) is 75.3 Å². The Balaban J connectivity index is 2.57. The van der Waals surface area contributed by atoms with Gasteiger partial charge in [-0.3, -0.25) is 4.90 Å². The minimum atomic E-state index is -4.30. The largest absolute Gasteiger partial charge is 0.401 e. The Morgan fingerprint density at radius 3 is 2.50 bits per heavy atom. The van der Waals surface area contributed by atoms with Crippen LogP contribution in [0.2, 0.25) is 0 Å². The first kappa shape index (κ1) is 13.1. The van der Waals surface area contributed by atoms with E-state index in [1.807, 2.05) is 0 Å². The van der Waals surface area contributed by atoms with E-state index >= 15 is 0 Å². The first-order chi connectivity index (χ1) is 7.40. The number of nitrogen functional groups attached to an aromatic ring is 1. The van der Waals surface area contributed by atoms with Crippen molar-refractivity contribution in [1.29, 1.82) is 0 Å². The fourth-order valence-corrected chi connectivity index (χ4v) is 1.78. The number of aliphatic hydroxyl groups excluding tert-OH is 1. The number of hydrogen-bond donors (Lipinski definition) is 2. The fraction of sp³-hybridized carbons (Fsp3) is 0.714. The molecule has 92 valence electrons. The highest BCUT2D eigenvalue weighted by Crippen LogP contribution is 2.19. The van der Waals surface area contributed by atoms with Crippen LogP contribution in [0, 0.1) is 0 Å². The predicted molar refractivity (Wildman–Crippen MR) is 52.7 cm³/mol. The van der Waals surface area contributed by atoms with E-state index in [0.29, 0.717) is 5.01 Å².